The van der Waals surface area contributed by atoms with Gasteiger partial charge in [-0.25, -0.2) is 0 Å². The summed E-state index contributed by atoms with van der Waals surface area (Å²) in [4.78, 5) is 10.1. The first kappa shape index (κ1) is 32.0. The van der Waals surface area contributed by atoms with Gasteiger partial charge in [0.2, 0.25) is 0 Å². The van der Waals surface area contributed by atoms with Gasteiger partial charge in [-0.2, -0.15) is 0 Å². The number of aliphatic imine (C=N–C) groups is 2. The third kappa shape index (κ3) is 5.32. The molecule has 0 amide bonds. The fourth-order valence-corrected chi connectivity index (χ4v) is 8.27. The number of fused-ring (bicyclic) bond motifs is 6. The first-order valence-electron chi connectivity index (χ1n) is 19.0. The first-order valence-corrected chi connectivity index (χ1v) is 19.0. The molecule has 0 bridgehead atoms. The van der Waals surface area contributed by atoms with Crippen molar-refractivity contribution in [2.75, 3.05) is 0 Å². The van der Waals surface area contributed by atoms with Gasteiger partial charge in [0.1, 0.15) is 0 Å². The van der Waals surface area contributed by atoms with Gasteiger partial charge in [0.05, 0.1) is 34.1 Å². The minimum Gasteiger partial charge on any atom is -0.438 e. The lowest BCUT2D eigenvalue weighted by molar-refractivity contribution is 0.875. The molecule has 5 heteroatoms. The molecule has 1 aliphatic heterocycles. The van der Waals surface area contributed by atoms with Gasteiger partial charge in [0.15, 0.2) is 0 Å². The molecule has 0 fully saturated rings. The molecule has 0 radical (unpaired) electrons. The molecule has 8 aromatic carbocycles. The summed E-state index contributed by atoms with van der Waals surface area (Å²) in [5.41, 5.74) is 12.1. The van der Waals surface area contributed by atoms with E-state index in [0.717, 1.165) is 44.6 Å². The van der Waals surface area contributed by atoms with Crippen molar-refractivity contribution in [3.05, 3.63) is 222 Å². The summed E-state index contributed by atoms with van der Waals surface area (Å²) in [7, 11) is 0. The molecule has 11 rings (SSSR count). The minimum absolute atomic E-state index is 0.461. The Morgan fingerprint density at radius 1 is 0.375 bits per heavy atom. The van der Waals surface area contributed by atoms with Crippen molar-refractivity contribution in [3.8, 4) is 22.5 Å². The lowest BCUT2D eigenvalue weighted by atomic mass is 10.0. The van der Waals surface area contributed by atoms with Crippen LogP contribution in [0.2, 0.25) is 0 Å². The highest BCUT2D eigenvalue weighted by atomic mass is 15.2. The van der Waals surface area contributed by atoms with Gasteiger partial charge in [0, 0.05) is 32.9 Å². The van der Waals surface area contributed by atoms with Crippen LogP contribution in [0.3, 0.4) is 0 Å². The van der Waals surface area contributed by atoms with Gasteiger partial charge in [-0.15, -0.1) is 0 Å². The maximum atomic E-state index is 5.13. The number of nitrogens with zero attached hydrogens (tertiary/aromatic N) is 5. The smallest absolute Gasteiger partial charge is 0.0822 e. The van der Waals surface area contributed by atoms with E-state index in [9.17, 15) is 0 Å². The van der Waals surface area contributed by atoms with Crippen LogP contribution in [0.4, 0.5) is 0 Å². The van der Waals surface area contributed by atoms with Crippen molar-refractivity contribution in [2.24, 2.45) is 9.98 Å². The molecule has 1 atom stereocenters. The molecule has 1 unspecified atom stereocenters. The predicted molar refractivity (Wildman–Crippen MR) is 233 cm³/mol. The van der Waals surface area contributed by atoms with Gasteiger partial charge in [0.25, 0.3) is 0 Å². The second-order valence-corrected chi connectivity index (χ2v) is 14.2. The largest absolute Gasteiger partial charge is 0.438 e. The molecule has 0 saturated heterocycles. The lowest BCUT2D eigenvalue weighted by Gasteiger charge is -2.32. The Hall–Kier alpha value is -7.50. The number of para-hydroxylation sites is 2. The van der Waals surface area contributed by atoms with Crippen molar-refractivity contribution in [3.63, 3.8) is 0 Å². The third-order valence-corrected chi connectivity index (χ3v) is 10.9. The van der Waals surface area contributed by atoms with Crippen molar-refractivity contribution in [1.82, 2.24) is 9.13 Å². The second-order valence-electron chi connectivity index (χ2n) is 14.2. The number of hydrogen-bond donors (Lipinski definition) is 0. The molecule has 1 aliphatic rings. The molecule has 0 aliphatic carbocycles. The average molecular weight is 717 g/mol. The van der Waals surface area contributed by atoms with E-state index in [0.29, 0.717) is 11.7 Å². The van der Waals surface area contributed by atoms with E-state index < -0.39 is 6.17 Å². The highest BCUT2D eigenvalue weighted by molar-refractivity contribution is 6.20. The van der Waals surface area contributed by atoms with E-state index in [1.165, 1.54) is 38.2 Å². The van der Waals surface area contributed by atoms with E-state index in [4.69, 9.17) is 15.3 Å². The lowest BCUT2D eigenvalue weighted by Crippen LogP contribution is -2.16. The van der Waals surface area contributed by atoms with Crippen LogP contribution in [0.5, 0.6) is 0 Å². The van der Waals surface area contributed by atoms with Gasteiger partial charge in [-0.05, 0) is 76.3 Å². The molecule has 0 spiro atoms. The fraction of sp³-hybridized carbons (Fsp3) is 0.0196. The van der Waals surface area contributed by atoms with Crippen LogP contribution in [-0.2, 0) is 0 Å². The monoisotopic (exact) mass is 716 g/mol. The Bertz CT molecular complexity index is 3140. The minimum atomic E-state index is -0.461. The zero-order valence-electron chi connectivity index (χ0n) is 30.4. The quantitative estimate of drug-likeness (QED) is 0.164. The number of hydrogen-bond acceptors (Lipinski definition) is 2. The molecule has 5 nitrogen and oxygen atoms in total. The van der Waals surface area contributed by atoms with Gasteiger partial charge in [-0.1, -0.05) is 157 Å². The van der Waals surface area contributed by atoms with Crippen LogP contribution in [0.25, 0.3) is 71.4 Å². The predicted octanol–water partition coefficient (Wildman–Crippen LogP) is 12.8. The molecule has 264 valence electrons. The first-order chi connectivity index (χ1) is 27.8. The van der Waals surface area contributed by atoms with Crippen LogP contribution in [0.1, 0.15) is 22.9 Å². The SMILES string of the molecule is c1ccc(C2=NC(c3cccc(-n4c5ccccc5c5cc6c7ccc(-c8ccccc8)cc7n(-c7ccccc7)c6cc54)c3)[N-]C(c3ccccc3)=N2)cc1. The summed E-state index contributed by atoms with van der Waals surface area (Å²) in [5.74, 6) is 1.36. The van der Waals surface area contributed by atoms with Crippen LogP contribution < -0.4 is 0 Å². The summed E-state index contributed by atoms with van der Waals surface area (Å²) in [5, 5.41) is 10.0. The number of rotatable bonds is 6. The molecular weight excluding hydrogens is 683 g/mol. The van der Waals surface area contributed by atoms with Crippen LogP contribution in [0.15, 0.2) is 210 Å². The third-order valence-electron chi connectivity index (χ3n) is 10.9. The summed E-state index contributed by atoms with van der Waals surface area (Å²) in [6.07, 6.45) is -0.461. The molecule has 0 saturated carbocycles. The van der Waals surface area contributed by atoms with Crippen LogP contribution >= 0.6 is 0 Å². The van der Waals surface area contributed by atoms with E-state index in [-0.39, 0.29) is 0 Å². The van der Waals surface area contributed by atoms with Gasteiger partial charge >= 0.3 is 0 Å². The summed E-state index contributed by atoms with van der Waals surface area (Å²) >= 11 is 0. The number of benzene rings is 8. The van der Waals surface area contributed by atoms with E-state index in [1.807, 2.05) is 36.4 Å². The summed E-state index contributed by atoms with van der Waals surface area (Å²) in [6.45, 7) is 0. The van der Waals surface area contributed by atoms with E-state index in [2.05, 4.69) is 173 Å². The van der Waals surface area contributed by atoms with Crippen molar-refractivity contribution in [2.45, 2.75) is 6.17 Å². The Morgan fingerprint density at radius 2 is 0.946 bits per heavy atom. The summed E-state index contributed by atoms with van der Waals surface area (Å²) in [6, 6.07) is 70.7. The van der Waals surface area contributed by atoms with Crippen LogP contribution in [0, 0.1) is 0 Å². The average Bonchev–Trinajstić information content (AvgIpc) is 3.78. The topological polar surface area (TPSA) is 48.7 Å². The Labute approximate surface area is 324 Å². The normalized spacial score (nSPS) is 14.2. The highest BCUT2D eigenvalue weighted by Crippen LogP contribution is 2.41. The Morgan fingerprint density at radius 3 is 1.68 bits per heavy atom. The van der Waals surface area contributed by atoms with Gasteiger partial charge < -0.3 is 19.4 Å². The second kappa shape index (κ2) is 13.1. The molecule has 0 N–H and O–H groups in total. The molecule has 10 aromatic rings. The fourth-order valence-electron chi connectivity index (χ4n) is 8.27. The standard InChI is InChI=1S/C51H34N5/c1-5-16-34(17-6-1)37-28-29-42-44-32-43-41-26-13-14-27-45(41)56(48(43)33-47(44)55(46(42)31-37)39-23-11-4-12-24-39)40-25-15-22-38(30-40)51-53-49(35-18-7-2-8-19-35)52-50(54-51)36-20-9-3-10-21-36/h1-33,51H/q-1. The van der Waals surface area contributed by atoms with Crippen molar-refractivity contribution < 1.29 is 0 Å². The number of amidine groups is 2. The number of aromatic nitrogens is 2. The van der Waals surface area contributed by atoms with Gasteiger partial charge in [-0.3, -0.25) is 4.99 Å². The van der Waals surface area contributed by atoms with Crippen molar-refractivity contribution >= 4 is 55.3 Å². The maximum Gasteiger partial charge on any atom is 0.0822 e. The molecule has 56 heavy (non-hydrogen) atoms. The zero-order chi connectivity index (χ0) is 37.0. The van der Waals surface area contributed by atoms with E-state index in [1.54, 1.807) is 0 Å². The summed E-state index contributed by atoms with van der Waals surface area (Å²) < 4.78 is 4.81. The molecular formula is C51H34N5-. The zero-order valence-corrected chi connectivity index (χ0v) is 30.4. The van der Waals surface area contributed by atoms with Crippen LogP contribution in [-0.4, -0.2) is 20.8 Å². The van der Waals surface area contributed by atoms with Crippen molar-refractivity contribution in [1.29, 1.82) is 0 Å². The highest BCUT2D eigenvalue weighted by Gasteiger charge is 2.20. The molecule has 3 heterocycles. The Balaban J connectivity index is 1.12. The Kier molecular flexibility index (Phi) is 7.49. The maximum absolute atomic E-state index is 5.13. The van der Waals surface area contributed by atoms with E-state index >= 15 is 0 Å². The molecule has 2 aromatic heterocycles.